The summed E-state index contributed by atoms with van der Waals surface area (Å²) in [6.07, 6.45) is 6.62. The molecule has 0 spiro atoms. The predicted molar refractivity (Wildman–Crippen MR) is 80.6 cm³/mol. The zero-order chi connectivity index (χ0) is 14.8. The Labute approximate surface area is 121 Å². The number of ketones is 1. The standard InChI is InChI=1S/C18H25FO/c1-18(2,3)15-10-14(11-16(19)12-15)17(20)9-13-7-5-4-6-8-13/h10-13H,4-9H2,1-3H3. The van der Waals surface area contributed by atoms with Crippen molar-refractivity contribution in [3.8, 4) is 0 Å². The molecule has 2 rings (SSSR count). The molecule has 0 atom stereocenters. The molecule has 0 saturated heterocycles. The number of benzene rings is 1. The van der Waals surface area contributed by atoms with E-state index in [2.05, 4.69) is 0 Å². The summed E-state index contributed by atoms with van der Waals surface area (Å²) in [5, 5.41) is 0. The molecular weight excluding hydrogens is 251 g/mol. The highest BCUT2D eigenvalue weighted by molar-refractivity contribution is 5.96. The third-order valence-electron chi connectivity index (χ3n) is 4.28. The summed E-state index contributed by atoms with van der Waals surface area (Å²) >= 11 is 0. The van der Waals surface area contributed by atoms with Gasteiger partial charge in [-0.25, -0.2) is 4.39 Å². The van der Waals surface area contributed by atoms with E-state index in [4.69, 9.17) is 0 Å². The van der Waals surface area contributed by atoms with E-state index in [0.29, 0.717) is 17.9 Å². The lowest BCUT2D eigenvalue weighted by molar-refractivity contribution is 0.0949. The first-order valence-electron chi connectivity index (χ1n) is 7.70. The van der Waals surface area contributed by atoms with Gasteiger partial charge in [-0.1, -0.05) is 52.9 Å². The van der Waals surface area contributed by atoms with Crippen molar-refractivity contribution in [3.63, 3.8) is 0 Å². The third kappa shape index (κ3) is 3.91. The van der Waals surface area contributed by atoms with Gasteiger partial charge in [0, 0.05) is 12.0 Å². The summed E-state index contributed by atoms with van der Waals surface area (Å²) in [6.45, 7) is 6.12. The first-order valence-corrected chi connectivity index (χ1v) is 7.70. The van der Waals surface area contributed by atoms with Gasteiger partial charge in [0.05, 0.1) is 0 Å². The molecule has 0 aliphatic heterocycles. The van der Waals surface area contributed by atoms with Crippen LogP contribution >= 0.6 is 0 Å². The van der Waals surface area contributed by atoms with Gasteiger partial charge in [0.2, 0.25) is 0 Å². The maximum absolute atomic E-state index is 13.7. The van der Waals surface area contributed by atoms with Crippen molar-refractivity contribution in [1.29, 1.82) is 0 Å². The third-order valence-corrected chi connectivity index (χ3v) is 4.28. The van der Waals surface area contributed by atoms with Gasteiger partial charge in [-0.3, -0.25) is 4.79 Å². The summed E-state index contributed by atoms with van der Waals surface area (Å²) in [7, 11) is 0. The van der Waals surface area contributed by atoms with Crippen molar-refractivity contribution in [3.05, 3.63) is 35.1 Å². The Bertz CT molecular complexity index is 479. The van der Waals surface area contributed by atoms with E-state index >= 15 is 0 Å². The van der Waals surface area contributed by atoms with Crippen molar-refractivity contribution in [2.75, 3.05) is 0 Å². The van der Waals surface area contributed by atoms with Crippen LogP contribution < -0.4 is 0 Å². The van der Waals surface area contributed by atoms with E-state index in [9.17, 15) is 9.18 Å². The van der Waals surface area contributed by atoms with Crippen molar-refractivity contribution in [2.45, 2.75) is 64.7 Å². The number of rotatable bonds is 3. The van der Waals surface area contributed by atoms with Gasteiger partial charge in [-0.15, -0.1) is 0 Å². The highest BCUT2D eigenvalue weighted by atomic mass is 19.1. The van der Waals surface area contributed by atoms with Crippen LogP contribution in [0.3, 0.4) is 0 Å². The molecule has 2 heteroatoms. The first-order chi connectivity index (χ1) is 9.36. The van der Waals surface area contributed by atoms with Crippen molar-refractivity contribution < 1.29 is 9.18 Å². The van der Waals surface area contributed by atoms with Gasteiger partial charge in [0.1, 0.15) is 5.82 Å². The van der Waals surface area contributed by atoms with Crippen LogP contribution in [-0.2, 0) is 5.41 Å². The number of hydrogen-bond acceptors (Lipinski definition) is 1. The Morgan fingerprint density at radius 2 is 1.80 bits per heavy atom. The van der Waals surface area contributed by atoms with Crippen LogP contribution in [0.2, 0.25) is 0 Å². The van der Waals surface area contributed by atoms with E-state index in [1.54, 1.807) is 0 Å². The lowest BCUT2D eigenvalue weighted by Crippen LogP contribution is -2.15. The van der Waals surface area contributed by atoms with Gasteiger partial charge in [-0.05, 0) is 35.1 Å². The van der Waals surface area contributed by atoms with E-state index < -0.39 is 0 Å². The second-order valence-corrected chi connectivity index (χ2v) is 7.11. The molecule has 1 aliphatic carbocycles. The number of carbonyl (C=O) groups is 1. The minimum Gasteiger partial charge on any atom is -0.294 e. The molecule has 110 valence electrons. The Morgan fingerprint density at radius 1 is 1.15 bits per heavy atom. The van der Waals surface area contributed by atoms with Crippen LogP contribution in [0, 0.1) is 11.7 Å². The minimum atomic E-state index is -0.301. The van der Waals surface area contributed by atoms with E-state index in [1.807, 2.05) is 26.8 Å². The lowest BCUT2D eigenvalue weighted by atomic mass is 9.83. The van der Waals surface area contributed by atoms with Crippen LogP contribution in [0.4, 0.5) is 4.39 Å². The molecule has 0 unspecified atom stereocenters. The fourth-order valence-corrected chi connectivity index (χ4v) is 2.95. The summed E-state index contributed by atoms with van der Waals surface area (Å²) < 4.78 is 13.7. The van der Waals surface area contributed by atoms with Gasteiger partial charge in [0.15, 0.2) is 5.78 Å². The van der Waals surface area contributed by atoms with Crippen LogP contribution in [-0.4, -0.2) is 5.78 Å². The Morgan fingerprint density at radius 3 is 2.40 bits per heavy atom. The van der Waals surface area contributed by atoms with Crippen LogP contribution in [0.5, 0.6) is 0 Å². The average Bonchev–Trinajstić information content (AvgIpc) is 2.38. The molecule has 0 heterocycles. The predicted octanol–water partition coefficient (Wildman–Crippen LogP) is 5.28. The van der Waals surface area contributed by atoms with E-state index in [1.165, 1.54) is 31.4 Å². The molecule has 20 heavy (non-hydrogen) atoms. The van der Waals surface area contributed by atoms with Crippen molar-refractivity contribution >= 4 is 5.78 Å². The maximum Gasteiger partial charge on any atom is 0.163 e. The molecule has 0 N–H and O–H groups in total. The second-order valence-electron chi connectivity index (χ2n) is 7.11. The fourth-order valence-electron chi connectivity index (χ4n) is 2.95. The summed E-state index contributed by atoms with van der Waals surface area (Å²) in [5.74, 6) is 0.295. The number of halogens is 1. The lowest BCUT2D eigenvalue weighted by Gasteiger charge is -2.22. The van der Waals surface area contributed by atoms with Crippen LogP contribution in [0.1, 0.15) is 75.2 Å². The molecule has 0 radical (unpaired) electrons. The number of Topliss-reactive ketones (excluding diaryl/α,β-unsaturated/α-hetero) is 1. The molecule has 1 saturated carbocycles. The average molecular weight is 276 g/mol. The number of hydrogen-bond donors (Lipinski definition) is 0. The monoisotopic (exact) mass is 276 g/mol. The Kier molecular flexibility index (Phi) is 4.62. The molecule has 1 aromatic carbocycles. The minimum absolute atomic E-state index is 0.0990. The highest BCUT2D eigenvalue weighted by Crippen LogP contribution is 2.29. The van der Waals surface area contributed by atoms with Crippen molar-refractivity contribution in [1.82, 2.24) is 0 Å². The molecular formula is C18H25FO. The normalized spacial score (nSPS) is 17.2. The molecule has 0 aromatic heterocycles. The van der Waals surface area contributed by atoms with Crippen molar-refractivity contribution in [2.24, 2.45) is 5.92 Å². The summed E-state index contributed by atoms with van der Waals surface area (Å²) in [5.41, 5.74) is 1.30. The maximum atomic E-state index is 13.7. The van der Waals surface area contributed by atoms with Gasteiger partial charge in [0.25, 0.3) is 0 Å². The molecule has 1 aromatic rings. The van der Waals surface area contributed by atoms with Crippen LogP contribution in [0.25, 0.3) is 0 Å². The van der Waals surface area contributed by atoms with Gasteiger partial charge >= 0.3 is 0 Å². The highest BCUT2D eigenvalue weighted by Gasteiger charge is 2.21. The molecule has 1 fully saturated rings. The summed E-state index contributed by atoms with van der Waals surface area (Å²) in [6, 6.07) is 4.80. The van der Waals surface area contributed by atoms with Crippen LogP contribution in [0.15, 0.2) is 18.2 Å². The zero-order valence-corrected chi connectivity index (χ0v) is 12.8. The Balaban J connectivity index is 2.14. The second kappa shape index (κ2) is 6.07. The molecule has 1 aliphatic rings. The molecule has 1 nitrogen and oxygen atoms in total. The van der Waals surface area contributed by atoms with Gasteiger partial charge in [-0.2, -0.15) is 0 Å². The van der Waals surface area contributed by atoms with Gasteiger partial charge < -0.3 is 0 Å². The largest absolute Gasteiger partial charge is 0.294 e. The smallest absolute Gasteiger partial charge is 0.163 e. The Hall–Kier alpha value is -1.18. The first kappa shape index (κ1) is 15.2. The molecule has 0 bridgehead atoms. The van der Waals surface area contributed by atoms with E-state index in [0.717, 1.165) is 18.4 Å². The zero-order valence-electron chi connectivity index (χ0n) is 12.8. The van der Waals surface area contributed by atoms with E-state index in [-0.39, 0.29) is 17.0 Å². The fraction of sp³-hybridized carbons (Fsp3) is 0.611. The quantitative estimate of drug-likeness (QED) is 0.687. The summed E-state index contributed by atoms with van der Waals surface area (Å²) in [4.78, 5) is 12.4. The SMILES string of the molecule is CC(C)(C)c1cc(F)cc(C(=O)CC2CCCCC2)c1. The number of carbonyl (C=O) groups excluding carboxylic acids is 1. The topological polar surface area (TPSA) is 17.1 Å². The molecule has 0 amide bonds.